The molecule has 202 valence electrons. The smallest absolute Gasteiger partial charge is 0.0880 e. The molecule has 0 unspecified atom stereocenters. The van der Waals surface area contributed by atoms with Crippen LogP contribution in [0.4, 0.5) is 0 Å². The lowest BCUT2D eigenvalue weighted by Gasteiger charge is -2.43. The van der Waals surface area contributed by atoms with Crippen molar-refractivity contribution >= 4 is 42.3 Å². The number of hydrogen-bond donors (Lipinski definition) is 0. The number of pyridine rings is 1. The Labute approximate surface area is 238 Å². The molecular weight excluding hydrogens is 490 g/mol. The number of benzene rings is 3. The second kappa shape index (κ2) is 8.90. The Balaban J connectivity index is 1.71. The van der Waals surface area contributed by atoms with Crippen molar-refractivity contribution in [3.05, 3.63) is 77.0 Å². The third-order valence-corrected chi connectivity index (χ3v) is 10.3. The topological polar surface area (TPSA) is 12.9 Å². The second-order valence-corrected chi connectivity index (χ2v) is 15.7. The molecule has 1 nitrogen and oxygen atoms in total. The molecule has 0 atom stereocenters. The number of fused-ring (bicyclic) bond motifs is 6. The van der Waals surface area contributed by atoms with Crippen molar-refractivity contribution in [2.75, 3.05) is 0 Å². The summed E-state index contributed by atoms with van der Waals surface area (Å²) in [7, 11) is 0. The van der Waals surface area contributed by atoms with Crippen LogP contribution in [0.2, 0.25) is 0 Å². The molecule has 0 fully saturated rings. The van der Waals surface area contributed by atoms with Gasteiger partial charge in [0.05, 0.1) is 10.4 Å². The maximum Gasteiger partial charge on any atom is 0.0880 e. The van der Waals surface area contributed by atoms with E-state index in [2.05, 4.69) is 111 Å². The van der Waals surface area contributed by atoms with Crippen LogP contribution in [0.25, 0.3) is 42.2 Å². The van der Waals surface area contributed by atoms with Crippen LogP contribution in [-0.2, 0) is 22.7 Å². The van der Waals surface area contributed by atoms with Gasteiger partial charge in [0.1, 0.15) is 0 Å². The summed E-state index contributed by atoms with van der Waals surface area (Å²) in [5, 5.41) is 5.42. The Morgan fingerprint density at radius 1 is 0.821 bits per heavy atom. The van der Waals surface area contributed by atoms with Gasteiger partial charge in [-0.15, -0.1) is 11.3 Å². The standard InChI is InChI=1S/C37H43NS/c1-22(2)18-24-20-28-27-14-17-38-32(25-19-23-12-10-11-13-26(23)29(21-25)35(3,4)5)34(27)39-33(28)31-30(24)36(6,7)15-16-37(31,8)9/h10-14,17,19-22H,15-16,18H2,1-9H3. The largest absolute Gasteiger partial charge is 0.255 e. The van der Waals surface area contributed by atoms with Crippen LogP contribution in [0, 0.1) is 5.92 Å². The van der Waals surface area contributed by atoms with Gasteiger partial charge in [-0.25, -0.2) is 0 Å². The molecule has 3 aromatic carbocycles. The molecule has 5 aromatic rings. The first-order valence-electron chi connectivity index (χ1n) is 14.7. The lowest BCUT2D eigenvalue weighted by Crippen LogP contribution is -2.35. The fraction of sp³-hybridized carbons (Fsp3) is 0.432. The second-order valence-electron chi connectivity index (χ2n) is 14.7. The quantitative estimate of drug-likeness (QED) is 0.225. The summed E-state index contributed by atoms with van der Waals surface area (Å²) in [6.45, 7) is 21.6. The molecular formula is C37H43NS. The van der Waals surface area contributed by atoms with E-state index >= 15 is 0 Å². The Morgan fingerprint density at radius 2 is 1.51 bits per heavy atom. The van der Waals surface area contributed by atoms with Crippen molar-refractivity contribution in [1.82, 2.24) is 4.98 Å². The average molecular weight is 534 g/mol. The van der Waals surface area contributed by atoms with Crippen molar-refractivity contribution in [1.29, 1.82) is 0 Å². The zero-order valence-electron chi connectivity index (χ0n) is 25.3. The monoisotopic (exact) mass is 533 g/mol. The number of hydrogen-bond acceptors (Lipinski definition) is 2. The molecule has 1 aliphatic rings. The van der Waals surface area contributed by atoms with Crippen molar-refractivity contribution in [2.45, 2.75) is 97.8 Å². The van der Waals surface area contributed by atoms with Crippen LogP contribution in [0.3, 0.4) is 0 Å². The summed E-state index contributed by atoms with van der Waals surface area (Å²) < 4.78 is 2.81. The van der Waals surface area contributed by atoms with Crippen molar-refractivity contribution in [3.63, 3.8) is 0 Å². The van der Waals surface area contributed by atoms with E-state index in [4.69, 9.17) is 4.98 Å². The predicted molar refractivity (Wildman–Crippen MR) is 173 cm³/mol. The van der Waals surface area contributed by atoms with Gasteiger partial charge in [0.25, 0.3) is 0 Å². The Hall–Kier alpha value is -2.71. The Bertz CT molecular complexity index is 1740. The van der Waals surface area contributed by atoms with Gasteiger partial charge in [-0.3, -0.25) is 4.98 Å². The molecule has 2 heteroatoms. The molecule has 0 spiro atoms. The summed E-state index contributed by atoms with van der Waals surface area (Å²) in [4.78, 5) is 5.06. The molecule has 0 aliphatic heterocycles. The highest BCUT2D eigenvalue weighted by Gasteiger charge is 2.40. The lowest BCUT2D eigenvalue weighted by atomic mass is 9.61. The van der Waals surface area contributed by atoms with Crippen LogP contribution in [0.15, 0.2) is 54.7 Å². The van der Waals surface area contributed by atoms with Gasteiger partial charge < -0.3 is 0 Å². The summed E-state index contributed by atoms with van der Waals surface area (Å²) in [5.74, 6) is 0.628. The molecule has 0 radical (unpaired) electrons. The van der Waals surface area contributed by atoms with Gasteiger partial charge in [-0.05, 0) is 98.7 Å². The van der Waals surface area contributed by atoms with Crippen molar-refractivity contribution in [3.8, 4) is 11.3 Å². The van der Waals surface area contributed by atoms with Crippen molar-refractivity contribution in [2.24, 2.45) is 5.92 Å². The van der Waals surface area contributed by atoms with Gasteiger partial charge in [-0.1, -0.05) is 86.6 Å². The molecule has 0 amide bonds. The molecule has 6 rings (SSSR count). The van der Waals surface area contributed by atoms with Gasteiger partial charge in [0.2, 0.25) is 0 Å². The highest BCUT2D eigenvalue weighted by atomic mass is 32.1. The van der Waals surface area contributed by atoms with Gasteiger partial charge in [0, 0.05) is 27.2 Å². The number of thiophene rings is 1. The fourth-order valence-electron chi connectivity index (χ4n) is 7.06. The maximum absolute atomic E-state index is 5.06. The first-order valence-corrected chi connectivity index (χ1v) is 15.5. The summed E-state index contributed by atoms with van der Waals surface area (Å²) in [6, 6.07) is 18.4. The van der Waals surface area contributed by atoms with Crippen molar-refractivity contribution < 1.29 is 0 Å². The molecule has 0 saturated heterocycles. The van der Waals surface area contributed by atoms with Crippen LogP contribution < -0.4 is 0 Å². The molecule has 0 bridgehead atoms. The third-order valence-electron chi connectivity index (χ3n) is 9.06. The first-order chi connectivity index (χ1) is 18.3. The number of rotatable bonds is 3. The minimum Gasteiger partial charge on any atom is -0.255 e. The van der Waals surface area contributed by atoms with Crippen LogP contribution in [0.1, 0.15) is 97.4 Å². The van der Waals surface area contributed by atoms with Gasteiger partial charge in [0.15, 0.2) is 0 Å². The zero-order chi connectivity index (χ0) is 27.9. The Kier molecular flexibility index (Phi) is 6.05. The summed E-state index contributed by atoms with van der Waals surface area (Å²) in [6.07, 6.45) is 5.64. The third kappa shape index (κ3) is 4.31. The molecule has 0 N–H and O–H groups in total. The molecule has 39 heavy (non-hydrogen) atoms. The van der Waals surface area contributed by atoms with Crippen LogP contribution in [0.5, 0.6) is 0 Å². The van der Waals surface area contributed by atoms with E-state index in [9.17, 15) is 0 Å². The van der Waals surface area contributed by atoms with Gasteiger partial charge >= 0.3 is 0 Å². The highest BCUT2D eigenvalue weighted by molar-refractivity contribution is 7.26. The normalized spacial score (nSPS) is 16.9. The van der Waals surface area contributed by atoms with E-state index in [0.29, 0.717) is 5.92 Å². The van der Waals surface area contributed by atoms with E-state index in [-0.39, 0.29) is 16.2 Å². The molecule has 2 heterocycles. The predicted octanol–water partition coefficient (Wildman–Crippen LogP) is 11.1. The summed E-state index contributed by atoms with van der Waals surface area (Å²) >= 11 is 1.98. The molecule has 0 saturated carbocycles. The van der Waals surface area contributed by atoms with E-state index in [1.54, 1.807) is 16.7 Å². The molecule has 2 aromatic heterocycles. The highest BCUT2D eigenvalue weighted by Crippen LogP contribution is 2.53. The summed E-state index contributed by atoms with van der Waals surface area (Å²) in [5.41, 5.74) is 8.93. The van der Waals surface area contributed by atoms with E-state index in [1.807, 2.05) is 17.5 Å². The first kappa shape index (κ1) is 26.5. The number of aromatic nitrogens is 1. The number of nitrogens with zero attached hydrogens (tertiary/aromatic N) is 1. The van der Waals surface area contributed by atoms with E-state index in [1.165, 1.54) is 54.9 Å². The average Bonchev–Trinajstić information content (AvgIpc) is 3.23. The maximum atomic E-state index is 5.06. The van der Waals surface area contributed by atoms with Gasteiger partial charge in [-0.2, -0.15) is 0 Å². The molecule has 1 aliphatic carbocycles. The van der Waals surface area contributed by atoms with Crippen LogP contribution in [-0.4, -0.2) is 4.98 Å². The minimum atomic E-state index is 0.0457. The Morgan fingerprint density at radius 3 is 2.21 bits per heavy atom. The minimum absolute atomic E-state index is 0.0457. The van der Waals surface area contributed by atoms with Crippen LogP contribution >= 0.6 is 11.3 Å². The van der Waals surface area contributed by atoms with E-state index in [0.717, 1.165) is 12.1 Å². The fourth-order valence-corrected chi connectivity index (χ4v) is 8.58. The van der Waals surface area contributed by atoms with E-state index < -0.39 is 0 Å². The SMILES string of the molecule is CC(C)Cc1cc2c(sc3c(-c4cc(C(C)(C)C)c5ccccc5c4)nccc32)c2c1C(C)(C)CCC2(C)C. The lowest BCUT2D eigenvalue weighted by molar-refractivity contribution is 0.331. The zero-order valence-corrected chi connectivity index (χ0v) is 26.1.